The van der Waals surface area contributed by atoms with Gasteiger partial charge >= 0.3 is 0 Å². The van der Waals surface area contributed by atoms with Gasteiger partial charge in [-0.25, -0.2) is 0 Å². The minimum Gasteiger partial charge on any atom is -0.464 e. The molecule has 2 aromatic rings. The van der Waals surface area contributed by atoms with Gasteiger partial charge in [0.15, 0.2) is 0 Å². The average molecular weight is 267 g/mol. The molecule has 1 aromatic carbocycles. The van der Waals surface area contributed by atoms with E-state index in [0.29, 0.717) is 12.0 Å². The van der Waals surface area contributed by atoms with Gasteiger partial charge in [0, 0.05) is 12.0 Å². The Kier molecular flexibility index (Phi) is 2.92. The van der Waals surface area contributed by atoms with Gasteiger partial charge in [0.2, 0.25) is 0 Å². The van der Waals surface area contributed by atoms with E-state index < -0.39 is 0 Å². The third kappa shape index (κ3) is 2.18. The highest BCUT2D eigenvalue weighted by Gasteiger charge is 2.36. The van der Waals surface area contributed by atoms with Crippen molar-refractivity contribution in [1.82, 2.24) is 5.32 Å². The summed E-state index contributed by atoms with van der Waals surface area (Å²) in [6, 6.07) is 13.5. The van der Waals surface area contributed by atoms with Crippen molar-refractivity contribution in [2.75, 3.05) is 0 Å². The molecule has 4 rings (SSSR count). The van der Waals surface area contributed by atoms with Crippen LogP contribution in [0.15, 0.2) is 40.8 Å². The lowest BCUT2D eigenvalue weighted by Gasteiger charge is -2.12. The highest BCUT2D eigenvalue weighted by Crippen LogP contribution is 2.47. The smallest absolute Gasteiger partial charge is 0.117 e. The molecule has 1 saturated carbocycles. The standard InChI is InChI=1S/C18H21NO/c1-12-10-16(12)18-9-7-14(20-18)11-19-17-8-6-13-4-2-3-5-15(13)17/h2-5,7,9,12,16-17,19H,6,8,10-11H2,1H3. The summed E-state index contributed by atoms with van der Waals surface area (Å²) in [5.41, 5.74) is 2.96. The first kappa shape index (κ1) is 12.2. The second-order valence-electron chi connectivity index (χ2n) is 6.29. The number of hydrogen-bond acceptors (Lipinski definition) is 2. The van der Waals surface area contributed by atoms with Crippen LogP contribution in [0.5, 0.6) is 0 Å². The van der Waals surface area contributed by atoms with E-state index in [1.807, 2.05) is 0 Å². The molecular weight excluding hydrogens is 246 g/mol. The van der Waals surface area contributed by atoms with E-state index in [4.69, 9.17) is 4.42 Å². The topological polar surface area (TPSA) is 25.2 Å². The maximum Gasteiger partial charge on any atom is 0.117 e. The van der Waals surface area contributed by atoms with Crippen molar-refractivity contribution in [2.24, 2.45) is 5.92 Å². The molecule has 3 atom stereocenters. The lowest BCUT2D eigenvalue weighted by Crippen LogP contribution is -2.18. The van der Waals surface area contributed by atoms with Crippen LogP contribution in [0, 0.1) is 5.92 Å². The molecule has 1 heterocycles. The summed E-state index contributed by atoms with van der Waals surface area (Å²) in [7, 11) is 0. The van der Waals surface area contributed by atoms with Crippen LogP contribution >= 0.6 is 0 Å². The zero-order valence-corrected chi connectivity index (χ0v) is 11.9. The quantitative estimate of drug-likeness (QED) is 0.899. The van der Waals surface area contributed by atoms with Crippen molar-refractivity contribution < 1.29 is 4.42 Å². The third-order valence-corrected chi connectivity index (χ3v) is 4.81. The second kappa shape index (κ2) is 4.78. The van der Waals surface area contributed by atoms with Crippen molar-refractivity contribution in [3.63, 3.8) is 0 Å². The lowest BCUT2D eigenvalue weighted by molar-refractivity contribution is 0.422. The van der Waals surface area contributed by atoms with Crippen LogP contribution < -0.4 is 5.32 Å². The molecule has 0 radical (unpaired) electrons. The second-order valence-corrected chi connectivity index (χ2v) is 6.29. The Morgan fingerprint density at radius 1 is 1.20 bits per heavy atom. The fourth-order valence-corrected chi connectivity index (χ4v) is 3.40. The molecule has 20 heavy (non-hydrogen) atoms. The molecule has 1 N–H and O–H groups in total. The van der Waals surface area contributed by atoms with Crippen LogP contribution in [0.25, 0.3) is 0 Å². The van der Waals surface area contributed by atoms with Crippen molar-refractivity contribution in [2.45, 2.75) is 44.7 Å². The van der Waals surface area contributed by atoms with Crippen molar-refractivity contribution in [3.8, 4) is 0 Å². The van der Waals surface area contributed by atoms with Crippen LogP contribution in [-0.4, -0.2) is 0 Å². The molecule has 2 aliphatic rings. The van der Waals surface area contributed by atoms with E-state index in [2.05, 4.69) is 48.6 Å². The fourth-order valence-electron chi connectivity index (χ4n) is 3.40. The molecule has 0 bridgehead atoms. The van der Waals surface area contributed by atoms with Crippen molar-refractivity contribution in [3.05, 3.63) is 59.0 Å². The van der Waals surface area contributed by atoms with E-state index in [-0.39, 0.29) is 0 Å². The minimum atomic E-state index is 0.486. The molecule has 3 unspecified atom stereocenters. The van der Waals surface area contributed by atoms with E-state index in [1.165, 1.54) is 36.1 Å². The summed E-state index contributed by atoms with van der Waals surface area (Å²) in [6.07, 6.45) is 3.68. The Morgan fingerprint density at radius 3 is 2.90 bits per heavy atom. The number of hydrogen-bond donors (Lipinski definition) is 1. The van der Waals surface area contributed by atoms with Gasteiger partial charge in [0.05, 0.1) is 6.54 Å². The van der Waals surface area contributed by atoms with Gasteiger partial charge < -0.3 is 9.73 Å². The molecule has 0 saturated heterocycles. The SMILES string of the molecule is CC1CC1c1ccc(CNC2CCc3ccccc32)o1. The molecule has 1 aromatic heterocycles. The zero-order valence-electron chi connectivity index (χ0n) is 11.9. The van der Waals surface area contributed by atoms with Crippen LogP contribution in [0.4, 0.5) is 0 Å². The first-order valence-electron chi connectivity index (χ1n) is 7.71. The number of rotatable bonds is 4. The van der Waals surface area contributed by atoms with Gasteiger partial charge in [-0.05, 0) is 48.4 Å². The summed E-state index contributed by atoms with van der Waals surface area (Å²) in [4.78, 5) is 0. The zero-order chi connectivity index (χ0) is 13.5. The number of nitrogens with one attached hydrogen (secondary N) is 1. The first-order chi connectivity index (χ1) is 9.81. The summed E-state index contributed by atoms with van der Waals surface area (Å²) in [6.45, 7) is 3.13. The molecule has 2 aliphatic carbocycles. The Bertz CT molecular complexity index is 615. The highest BCUT2D eigenvalue weighted by molar-refractivity contribution is 5.34. The number of aryl methyl sites for hydroxylation is 1. The largest absolute Gasteiger partial charge is 0.464 e. The van der Waals surface area contributed by atoms with Gasteiger partial charge in [-0.1, -0.05) is 31.2 Å². The minimum absolute atomic E-state index is 0.486. The normalized spacial score (nSPS) is 27.6. The highest BCUT2D eigenvalue weighted by atomic mass is 16.3. The van der Waals surface area contributed by atoms with Crippen LogP contribution in [0.3, 0.4) is 0 Å². The number of benzene rings is 1. The molecule has 2 nitrogen and oxygen atoms in total. The monoisotopic (exact) mass is 267 g/mol. The molecule has 1 fully saturated rings. The summed E-state index contributed by atoms with van der Waals surface area (Å²) >= 11 is 0. The third-order valence-electron chi connectivity index (χ3n) is 4.81. The molecule has 0 amide bonds. The van der Waals surface area contributed by atoms with Crippen molar-refractivity contribution >= 4 is 0 Å². The molecule has 2 heteroatoms. The van der Waals surface area contributed by atoms with Gasteiger partial charge in [-0.15, -0.1) is 0 Å². The summed E-state index contributed by atoms with van der Waals surface area (Å²) in [5, 5.41) is 3.64. The van der Waals surface area contributed by atoms with Crippen molar-refractivity contribution in [1.29, 1.82) is 0 Å². The predicted molar refractivity (Wildman–Crippen MR) is 79.6 cm³/mol. The maximum absolute atomic E-state index is 5.96. The van der Waals surface area contributed by atoms with E-state index in [9.17, 15) is 0 Å². The molecule has 0 spiro atoms. The van der Waals surface area contributed by atoms with Gasteiger partial charge in [-0.3, -0.25) is 0 Å². The first-order valence-corrected chi connectivity index (χ1v) is 7.71. The van der Waals surface area contributed by atoms with Gasteiger partial charge in [0.25, 0.3) is 0 Å². The molecule has 0 aliphatic heterocycles. The van der Waals surface area contributed by atoms with E-state index >= 15 is 0 Å². The number of fused-ring (bicyclic) bond motifs is 1. The van der Waals surface area contributed by atoms with Gasteiger partial charge in [-0.2, -0.15) is 0 Å². The Hall–Kier alpha value is -1.54. The fraction of sp³-hybridized carbons (Fsp3) is 0.444. The number of furan rings is 1. The van der Waals surface area contributed by atoms with Gasteiger partial charge in [0.1, 0.15) is 11.5 Å². The molecular formula is C18H21NO. The van der Waals surface area contributed by atoms with Crippen LogP contribution in [-0.2, 0) is 13.0 Å². The maximum atomic E-state index is 5.96. The Labute approximate surface area is 120 Å². The Morgan fingerprint density at radius 2 is 2.05 bits per heavy atom. The predicted octanol–water partition coefficient (Wildman–Crippen LogP) is 4.18. The lowest BCUT2D eigenvalue weighted by atomic mass is 10.1. The summed E-state index contributed by atoms with van der Waals surface area (Å²) < 4.78 is 5.96. The summed E-state index contributed by atoms with van der Waals surface area (Å²) in [5.74, 6) is 3.74. The Balaban J connectivity index is 1.40. The van der Waals surface area contributed by atoms with Crippen LogP contribution in [0.1, 0.15) is 54.4 Å². The average Bonchev–Trinajstić information content (AvgIpc) is 2.92. The van der Waals surface area contributed by atoms with Crippen LogP contribution in [0.2, 0.25) is 0 Å². The van der Waals surface area contributed by atoms with E-state index in [1.54, 1.807) is 0 Å². The van der Waals surface area contributed by atoms with E-state index in [0.717, 1.165) is 18.2 Å². The molecule has 104 valence electrons.